The molecule has 2 N–H and O–H groups in total. The molecular formula is C16H13BrClIN2O3. The first kappa shape index (κ1) is 19.0. The van der Waals surface area contributed by atoms with Crippen molar-refractivity contribution < 1.29 is 14.3 Å². The average Bonchev–Trinajstić information content (AvgIpc) is 2.55. The van der Waals surface area contributed by atoms with Crippen LogP contribution >= 0.6 is 50.1 Å². The molecule has 126 valence electrons. The van der Waals surface area contributed by atoms with Crippen LogP contribution in [0.5, 0.6) is 5.75 Å². The third-order valence-corrected chi connectivity index (χ3v) is 4.78. The molecule has 0 aliphatic carbocycles. The zero-order valence-corrected chi connectivity index (χ0v) is 17.0. The van der Waals surface area contributed by atoms with Gasteiger partial charge in [-0.25, -0.2) is 0 Å². The van der Waals surface area contributed by atoms with Crippen molar-refractivity contribution in [1.82, 2.24) is 10.9 Å². The van der Waals surface area contributed by atoms with Crippen molar-refractivity contribution >= 4 is 61.9 Å². The molecule has 0 fully saturated rings. The Morgan fingerprint density at radius 2 is 1.92 bits per heavy atom. The predicted molar refractivity (Wildman–Crippen MR) is 104 cm³/mol. The van der Waals surface area contributed by atoms with Gasteiger partial charge in [0, 0.05) is 8.59 Å². The summed E-state index contributed by atoms with van der Waals surface area (Å²) in [6.45, 7) is 1.58. The summed E-state index contributed by atoms with van der Waals surface area (Å²) in [4.78, 5) is 24.1. The standard InChI is InChI=1S/C16H13BrClIN2O3/c1-9(24-14-7-6-10(18)8-12(14)17)15(22)20-21-16(23)11-4-2-3-5-13(11)19/h2-9H,1H3,(H,20,22)(H,21,23). The highest BCUT2D eigenvalue weighted by molar-refractivity contribution is 14.1. The first-order valence-corrected chi connectivity index (χ1v) is 9.10. The number of benzene rings is 2. The summed E-state index contributed by atoms with van der Waals surface area (Å²) in [7, 11) is 0. The number of carbonyl (C=O) groups excluding carboxylic acids is 2. The molecule has 2 rings (SSSR count). The van der Waals surface area contributed by atoms with Gasteiger partial charge in [0.1, 0.15) is 5.75 Å². The first-order chi connectivity index (χ1) is 11.4. The number of halogens is 3. The van der Waals surface area contributed by atoms with Crippen LogP contribution in [0.4, 0.5) is 0 Å². The molecule has 2 amide bonds. The Bertz CT molecular complexity index is 773. The van der Waals surface area contributed by atoms with Crippen LogP contribution in [0, 0.1) is 3.57 Å². The van der Waals surface area contributed by atoms with Crippen molar-refractivity contribution in [2.24, 2.45) is 0 Å². The van der Waals surface area contributed by atoms with Crippen molar-refractivity contribution in [2.45, 2.75) is 13.0 Å². The Morgan fingerprint density at radius 1 is 1.21 bits per heavy atom. The number of amides is 2. The van der Waals surface area contributed by atoms with Gasteiger partial charge in [0.15, 0.2) is 6.10 Å². The molecule has 1 atom stereocenters. The third-order valence-electron chi connectivity index (χ3n) is 2.98. The Labute approximate surface area is 166 Å². The second kappa shape index (κ2) is 8.68. The second-order valence-electron chi connectivity index (χ2n) is 4.76. The molecule has 0 heterocycles. The number of hydrogen-bond donors (Lipinski definition) is 2. The molecule has 0 aliphatic rings. The number of carbonyl (C=O) groups is 2. The molecule has 0 saturated carbocycles. The fourth-order valence-corrected chi connectivity index (χ4v) is 3.16. The van der Waals surface area contributed by atoms with E-state index < -0.39 is 17.9 Å². The van der Waals surface area contributed by atoms with E-state index in [0.29, 0.717) is 20.8 Å². The van der Waals surface area contributed by atoms with Crippen molar-refractivity contribution in [2.75, 3.05) is 0 Å². The van der Waals surface area contributed by atoms with Gasteiger partial charge in [-0.3, -0.25) is 20.4 Å². The number of nitrogens with one attached hydrogen (secondary N) is 2. The van der Waals surface area contributed by atoms with Crippen molar-refractivity contribution in [3.05, 3.63) is 61.1 Å². The van der Waals surface area contributed by atoms with Gasteiger partial charge in [0.05, 0.1) is 10.0 Å². The molecule has 0 aliphatic heterocycles. The van der Waals surface area contributed by atoms with Crippen LogP contribution in [-0.2, 0) is 4.79 Å². The van der Waals surface area contributed by atoms with E-state index in [9.17, 15) is 9.59 Å². The van der Waals surface area contributed by atoms with E-state index in [4.69, 9.17) is 16.3 Å². The molecule has 2 aromatic rings. The lowest BCUT2D eigenvalue weighted by Crippen LogP contribution is -2.47. The summed E-state index contributed by atoms with van der Waals surface area (Å²) in [5.74, 6) is -0.393. The summed E-state index contributed by atoms with van der Waals surface area (Å²) in [6, 6.07) is 12.0. The monoisotopic (exact) mass is 522 g/mol. The van der Waals surface area contributed by atoms with E-state index in [0.717, 1.165) is 3.57 Å². The predicted octanol–water partition coefficient (Wildman–Crippen LogP) is 3.94. The fourth-order valence-electron chi connectivity index (χ4n) is 1.75. The minimum absolute atomic E-state index is 0.395. The number of ether oxygens (including phenoxy) is 1. The van der Waals surface area contributed by atoms with Crippen molar-refractivity contribution in [1.29, 1.82) is 0 Å². The van der Waals surface area contributed by atoms with E-state index in [1.165, 1.54) is 0 Å². The minimum atomic E-state index is -0.808. The molecule has 0 spiro atoms. The van der Waals surface area contributed by atoms with E-state index in [1.807, 2.05) is 6.07 Å². The summed E-state index contributed by atoms with van der Waals surface area (Å²) in [6.07, 6.45) is -0.808. The summed E-state index contributed by atoms with van der Waals surface area (Å²) >= 11 is 11.2. The molecule has 0 radical (unpaired) electrons. The maximum absolute atomic E-state index is 12.1. The van der Waals surface area contributed by atoms with Gasteiger partial charge < -0.3 is 4.74 Å². The van der Waals surface area contributed by atoms with Crippen LogP contribution in [-0.4, -0.2) is 17.9 Å². The highest BCUT2D eigenvalue weighted by Gasteiger charge is 2.17. The van der Waals surface area contributed by atoms with Gasteiger partial charge in [-0.1, -0.05) is 23.7 Å². The van der Waals surface area contributed by atoms with Crippen LogP contribution in [0.1, 0.15) is 17.3 Å². The normalized spacial score (nSPS) is 11.5. The lowest BCUT2D eigenvalue weighted by molar-refractivity contribution is -0.128. The molecule has 0 saturated heterocycles. The lowest BCUT2D eigenvalue weighted by atomic mass is 10.2. The van der Waals surface area contributed by atoms with Crippen LogP contribution < -0.4 is 15.6 Å². The summed E-state index contributed by atoms with van der Waals surface area (Å²) in [5, 5.41) is 0.552. The van der Waals surface area contributed by atoms with Crippen molar-refractivity contribution in [3.8, 4) is 5.75 Å². The second-order valence-corrected chi connectivity index (χ2v) is 7.21. The quantitative estimate of drug-likeness (QED) is 0.472. The van der Waals surface area contributed by atoms with Crippen LogP contribution in [0.25, 0.3) is 0 Å². The van der Waals surface area contributed by atoms with Gasteiger partial charge in [-0.05, 0) is 75.8 Å². The maximum Gasteiger partial charge on any atom is 0.279 e. The smallest absolute Gasteiger partial charge is 0.279 e. The van der Waals surface area contributed by atoms with Gasteiger partial charge in [-0.15, -0.1) is 0 Å². The third kappa shape index (κ3) is 5.09. The average molecular weight is 524 g/mol. The van der Waals surface area contributed by atoms with E-state index >= 15 is 0 Å². The summed E-state index contributed by atoms with van der Waals surface area (Å²) in [5.41, 5.74) is 5.20. The molecule has 0 bridgehead atoms. The van der Waals surface area contributed by atoms with E-state index in [-0.39, 0.29) is 0 Å². The van der Waals surface area contributed by atoms with Gasteiger partial charge in [0.2, 0.25) is 0 Å². The molecule has 5 nitrogen and oxygen atoms in total. The Morgan fingerprint density at radius 3 is 2.58 bits per heavy atom. The number of rotatable bonds is 4. The Balaban J connectivity index is 1.92. The molecule has 8 heteroatoms. The minimum Gasteiger partial charge on any atom is -0.480 e. The number of hydrogen-bond acceptors (Lipinski definition) is 3. The largest absolute Gasteiger partial charge is 0.480 e. The highest BCUT2D eigenvalue weighted by Crippen LogP contribution is 2.28. The van der Waals surface area contributed by atoms with E-state index in [2.05, 4.69) is 49.4 Å². The van der Waals surface area contributed by atoms with Crippen molar-refractivity contribution in [3.63, 3.8) is 0 Å². The number of hydrazine groups is 1. The zero-order chi connectivity index (χ0) is 17.7. The van der Waals surface area contributed by atoms with Crippen LogP contribution in [0.3, 0.4) is 0 Å². The molecular weight excluding hydrogens is 510 g/mol. The molecule has 1 unspecified atom stereocenters. The topological polar surface area (TPSA) is 67.4 Å². The summed E-state index contributed by atoms with van der Waals surface area (Å²) < 4.78 is 6.98. The molecule has 24 heavy (non-hydrogen) atoms. The SMILES string of the molecule is CC(Oc1ccc(Cl)cc1Br)C(=O)NNC(=O)c1ccccc1I. The Kier molecular flexibility index (Phi) is 6.88. The van der Waals surface area contributed by atoms with Gasteiger partial charge in [0.25, 0.3) is 11.8 Å². The maximum atomic E-state index is 12.1. The molecule has 2 aromatic carbocycles. The Hall–Kier alpha value is -1.32. The van der Waals surface area contributed by atoms with Crippen LogP contribution in [0.2, 0.25) is 5.02 Å². The zero-order valence-electron chi connectivity index (χ0n) is 12.5. The fraction of sp³-hybridized carbons (Fsp3) is 0.125. The molecule has 0 aromatic heterocycles. The highest BCUT2D eigenvalue weighted by atomic mass is 127. The van der Waals surface area contributed by atoms with Gasteiger partial charge >= 0.3 is 0 Å². The van der Waals surface area contributed by atoms with Gasteiger partial charge in [-0.2, -0.15) is 0 Å². The van der Waals surface area contributed by atoms with Crippen LogP contribution in [0.15, 0.2) is 46.9 Å². The lowest BCUT2D eigenvalue weighted by Gasteiger charge is -2.16. The first-order valence-electron chi connectivity index (χ1n) is 6.85. The van der Waals surface area contributed by atoms with E-state index in [1.54, 1.807) is 43.3 Å².